The summed E-state index contributed by atoms with van der Waals surface area (Å²) in [5, 5.41) is 5.15. The molecule has 0 aliphatic rings. The van der Waals surface area contributed by atoms with Gasteiger partial charge >= 0.3 is 0 Å². The Balaban J connectivity index is 2.53. The van der Waals surface area contributed by atoms with Crippen molar-refractivity contribution in [2.75, 3.05) is 7.05 Å². The summed E-state index contributed by atoms with van der Waals surface area (Å²) in [6.45, 7) is 2.03. The molecule has 4 heteroatoms. The first-order chi connectivity index (χ1) is 9.04. The van der Waals surface area contributed by atoms with Crippen LogP contribution in [0.5, 0.6) is 0 Å². The number of aryl methyl sites for hydroxylation is 1. The molecule has 2 aromatic rings. The van der Waals surface area contributed by atoms with Crippen molar-refractivity contribution in [3.63, 3.8) is 0 Å². The van der Waals surface area contributed by atoms with Crippen LogP contribution in [0.25, 0.3) is 0 Å². The van der Waals surface area contributed by atoms with E-state index < -0.39 is 0 Å². The van der Waals surface area contributed by atoms with Crippen LogP contribution in [0.2, 0.25) is 15.1 Å². The predicted molar refractivity (Wildman–Crippen MR) is 83.6 cm³/mol. The molecule has 1 atom stereocenters. The van der Waals surface area contributed by atoms with Gasteiger partial charge in [0.05, 0.1) is 16.1 Å². The number of halogens is 3. The van der Waals surface area contributed by atoms with Crippen LogP contribution in [0.15, 0.2) is 36.4 Å². The molecule has 19 heavy (non-hydrogen) atoms. The molecule has 0 bridgehead atoms. The summed E-state index contributed by atoms with van der Waals surface area (Å²) >= 11 is 18.4. The zero-order valence-electron chi connectivity index (χ0n) is 10.7. The Morgan fingerprint density at radius 3 is 2.37 bits per heavy atom. The van der Waals surface area contributed by atoms with Gasteiger partial charge in [-0.25, -0.2) is 0 Å². The third-order valence-electron chi connectivity index (χ3n) is 3.12. The maximum Gasteiger partial charge on any atom is 0.0643 e. The monoisotopic (exact) mass is 313 g/mol. The van der Waals surface area contributed by atoms with Crippen LogP contribution in [0, 0.1) is 6.92 Å². The van der Waals surface area contributed by atoms with Crippen LogP contribution in [0.4, 0.5) is 0 Å². The molecule has 0 saturated heterocycles. The van der Waals surface area contributed by atoms with Gasteiger partial charge in [-0.1, -0.05) is 53.0 Å². The summed E-state index contributed by atoms with van der Waals surface area (Å²) in [5.74, 6) is 0. The number of hydrogen-bond acceptors (Lipinski definition) is 1. The highest BCUT2D eigenvalue weighted by Crippen LogP contribution is 2.34. The third kappa shape index (κ3) is 3.06. The van der Waals surface area contributed by atoms with E-state index in [1.54, 1.807) is 6.07 Å². The molecule has 1 unspecified atom stereocenters. The second-order valence-corrected chi connectivity index (χ2v) is 5.59. The minimum absolute atomic E-state index is 0.0107. The molecule has 1 nitrogen and oxygen atoms in total. The Hall–Kier alpha value is -0.730. The lowest BCUT2D eigenvalue weighted by Gasteiger charge is -2.21. The lowest BCUT2D eigenvalue weighted by molar-refractivity contribution is 0.688. The topological polar surface area (TPSA) is 12.0 Å². The van der Waals surface area contributed by atoms with Crippen LogP contribution >= 0.6 is 34.8 Å². The molecule has 0 radical (unpaired) electrons. The molecule has 1 N–H and O–H groups in total. The fourth-order valence-corrected chi connectivity index (χ4v) is 2.83. The van der Waals surface area contributed by atoms with E-state index in [1.807, 2.05) is 44.3 Å². The normalized spacial score (nSPS) is 12.5. The Morgan fingerprint density at radius 2 is 1.74 bits per heavy atom. The fraction of sp³-hybridized carbons (Fsp3) is 0.200. The lowest BCUT2D eigenvalue weighted by atomic mass is 9.95. The van der Waals surface area contributed by atoms with Crippen LogP contribution in [0.3, 0.4) is 0 Å². The molecule has 0 heterocycles. The van der Waals surface area contributed by atoms with Gasteiger partial charge in [-0.15, -0.1) is 0 Å². The van der Waals surface area contributed by atoms with Crippen LogP contribution in [-0.2, 0) is 0 Å². The average molecular weight is 315 g/mol. The van der Waals surface area contributed by atoms with E-state index in [-0.39, 0.29) is 6.04 Å². The molecule has 2 rings (SSSR count). The summed E-state index contributed by atoms with van der Waals surface area (Å²) in [7, 11) is 1.90. The van der Waals surface area contributed by atoms with Gasteiger partial charge < -0.3 is 5.32 Å². The highest BCUT2D eigenvalue weighted by molar-refractivity contribution is 6.42. The minimum atomic E-state index is -0.0107. The van der Waals surface area contributed by atoms with Crippen LogP contribution in [0.1, 0.15) is 22.7 Å². The van der Waals surface area contributed by atoms with E-state index in [0.29, 0.717) is 10.0 Å². The second-order valence-electron chi connectivity index (χ2n) is 4.37. The third-order valence-corrected chi connectivity index (χ3v) is 4.19. The molecule has 0 amide bonds. The zero-order valence-corrected chi connectivity index (χ0v) is 12.9. The summed E-state index contributed by atoms with van der Waals surface area (Å²) < 4.78 is 0. The molecule has 0 aliphatic carbocycles. The smallest absolute Gasteiger partial charge is 0.0643 e. The summed E-state index contributed by atoms with van der Waals surface area (Å²) in [6.07, 6.45) is 0. The van der Waals surface area contributed by atoms with E-state index in [9.17, 15) is 0 Å². The number of hydrogen-bond donors (Lipinski definition) is 1. The first-order valence-electron chi connectivity index (χ1n) is 5.92. The number of nitrogens with one attached hydrogen (secondary N) is 1. The van der Waals surface area contributed by atoms with Gasteiger partial charge in [-0.3, -0.25) is 0 Å². The fourth-order valence-electron chi connectivity index (χ4n) is 2.18. The van der Waals surface area contributed by atoms with Crippen molar-refractivity contribution < 1.29 is 0 Å². The predicted octanol–water partition coefficient (Wildman–Crippen LogP) is 5.26. The van der Waals surface area contributed by atoms with Crippen LogP contribution in [-0.4, -0.2) is 7.05 Å². The molecular formula is C15H14Cl3N. The van der Waals surface area contributed by atoms with Gasteiger partial charge in [-0.05, 0) is 48.9 Å². The van der Waals surface area contributed by atoms with Gasteiger partial charge in [0.25, 0.3) is 0 Å². The summed E-state index contributed by atoms with van der Waals surface area (Å²) in [5.41, 5.74) is 3.21. The van der Waals surface area contributed by atoms with E-state index in [4.69, 9.17) is 34.8 Å². The SMILES string of the molecule is CNC(c1ccc(Cl)cc1C)c1cccc(Cl)c1Cl. The Labute approximate surface area is 128 Å². The molecule has 0 aliphatic heterocycles. The summed E-state index contributed by atoms with van der Waals surface area (Å²) in [6, 6.07) is 11.5. The Bertz CT molecular complexity index is 596. The van der Waals surface area contributed by atoms with E-state index >= 15 is 0 Å². The molecular weight excluding hydrogens is 301 g/mol. The highest BCUT2D eigenvalue weighted by Gasteiger charge is 2.18. The minimum Gasteiger partial charge on any atom is -0.309 e. The average Bonchev–Trinajstić information content (AvgIpc) is 2.37. The van der Waals surface area contributed by atoms with Gasteiger partial charge in [0.1, 0.15) is 0 Å². The molecule has 2 aromatic carbocycles. The summed E-state index contributed by atoms with van der Waals surface area (Å²) in [4.78, 5) is 0. The van der Waals surface area contributed by atoms with E-state index in [1.165, 1.54) is 0 Å². The Morgan fingerprint density at radius 1 is 1.00 bits per heavy atom. The largest absolute Gasteiger partial charge is 0.309 e. The van der Waals surface area contributed by atoms with Crippen molar-refractivity contribution in [2.24, 2.45) is 0 Å². The highest BCUT2D eigenvalue weighted by atomic mass is 35.5. The van der Waals surface area contributed by atoms with Crippen molar-refractivity contribution in [3.05, 3.63) is 68.2 Å². The first kappa shape index (κ1) is 14.7. The number of benzene rings is 2. The van der Waals surface area contributed by atoms with E-state index in [2.05, 4.69) is 5.32 Å². The van der Waals surface area contributed by atoms with Crippen molar-refractivity contribution in [3.8, 4) is 0 Å². The van der Waals surface area contributed by atoms with Crippen molar-refractivity contribution in [1.29, 1.82) is 0 Å². The standard InChI is InChI=1S/C15H14Cl3N/c1-9-8-10(16)6-7-11(9)15(19-2)12-4-3-5-13(17)14(12)18/h3-8,15,19H,1-2H3. The quantitative estimate of drug-likeness (QED) is 0.814. The van der Waals surface area contributed by atoms with E-state index in [0.717, 1.165) is 21.7 Å². The molecule has 0 fully saturated rings. The molecule has 0 saturated carbocycles. The van der Waals surface area contributed by atoms with Crippen molar-refractivity contribution >= 4 is 34.8 Å². The maximum atomic E-state index is 6.30. The second kappa shape index (κ2) is 6.15. The van der Waals surface area contributed by atoms with Crippen molar-refractivity contribution in [2.45, 2.75) is 13.0 Å². The van der Waals surface area contributed by atoms with Gasteiger partial charge in [0, 0.05) is 5.02 Å². The lowest BCUT2D eigenvalue weighted by Crippen LogP contribution is -2.19. The van der Waals surface area contributed by atoms with Crippen molar-refractivity contribution in [1.82, 2.24) is 5.32 Å². The van der Waals surface area contributed by atoms with Crippen LogP contribution < -0.4 is 5.32 Å². The van der Waals surface area contributed by atoms with Gasteiger partial charge in [0.15, 0.2) is 0 Å². The maximum absolute atomic E-state index is 6.30. The molecule has 100 valence electrons. The molecule has 0 aromatic heterocycles. The number of rotatable bonds is 3. The van der Waals surface area contributed by atoms with Gasteiger partial charge in [-0.2, -0.15) is 0 Å². The Kier molecular flexibility index (Phi) is 4.75. The molecule has 0 spiro atoms. The zero-order chi connectivity index (χ0) is 14.0. The first-order valence-corrected chi connectivity index (χ1v) is 7.05. The van der Waals surface area contributed by atoms with Gasteiger partial charge in [0.2, 0.25) is 0 Å².